The number of unbranched alkanes of at least 4 members (excludes halogenated alkanes) is 8. The number of allylic oxidation sites excluding steroid dienone is 12. The Bertz CT molecular complexity index is 2500. The van der Waals surface area contributed by atoms with Crippen LogP contribution in [0.1, 0.15) is 136 Å². The predicted octanol–water partition coefficient (Wildman–Crippen LogP) is 5.74. The first-order chi connectivity index (χ1) is 37.6. The van der Waals surface area contributed by atoms with Gasteiger partial charge in [-0.1, -0.05) is 144 Å². The molecule has 2 aromatic heterocycles. The van der Waals surface area contributed by atoms with Crippen LogP contribution >= 0.6 is 35.2 Å². The summed E-state index contributed by atoms with van der Waals surface area (Å²) in [6.45, 7) is 2.29. The van der Waals surface area contributed by atoms with E-state index in [2.05, 4.69) is 123 Å². The molecule has 3 rings (SSSR count). The van der Waals surface area contributed by atoms with Crippen LogP contribution in [0, 0.1) is 5.41 Å². The van der Waals surface area contributed by atoms with E-state index >= 15 is 0 Å². The number of anilines is 1. The second-order valence-corrected chi connectivity index (χ2v) is 24.2. The molecule has 0 bridgehead atoms. The minimum absolute atomic E-state index is 0.0202. The maximum absolute atomic E-state index is 12.7. The van der Waals surface area contributed by atoms with Crippen molar-refractivity contribution >= 4 is 69.1 Å². The van der Waals surface area contributed by atoms with Crippen LogP contribution in [0.4, 0.5) is 5.82 Å². The Morgan fingerprint density at radius 1 is 0.785 bits per heavy atom. The van der Waals surface area contributed by atoms with E-state index in [1.54, 1.807) is 0 Å². The van der Waals surface area contributed by atoms with Gasteiger partial charge < -0.3 is 69.0 Å². The highest BCUT2D eigenvalue weighted by molar-refractivity contribution is 8.13. The number of hydrogen-bond acceptors (Lipinski definition) is 22. The number of phosphoric ester groups is 3. The van der Waals surface area contributed by atoms with Crippen molar-refractivity contribution in [2.45, 2.75) is 161 Å². The van der Waals surface area contributed by atoms with Crippen LogP contribution in [-0.4, -0.2) is 103 Å². The summed E-state index contributed by atoms with van der Waals surface area (Å²) in [6.07, 6.45) is 35.2. The molecule has 0 radical (unpaired) electrons. The van der Waals surface area contributed by atoms with Gasteiger partial charge in [-0.05, 0) is 57.8 Å². The number of carbonyl (C=O) groups is 3. The van der Waals surface area contributed by atoms with Crippen molar-refractivity contribution in [3.8, 4) is 0 Å². The standard InChI is InChI=1S/C51H82N7O17P3S/c1-4-5-6-7-8-9-10-11-12-13-14-15-16-17-18-19-20-21-22-23-24-25-26-27-28-29-30-31-42(60)79-35-34-53-41(59)32-33-54-49(63)46(62)51(2,3)37-72-78(69,70)75-77(67,68)71-36-40-45(74-76(64,65)66)44(61)50(73-40)58-39-57-43-47(52)55-38-56-48(43)58/h5-6,8-9,11-12,14-15,17-18,20-21,38-40,44-46,50,61-62H,4,7,10,13,16,19,22-37H2,1-3H3,(H,53,59)(H,54,63)(H,67,68)(H,69,70)(H2,52,55,56)(H2,64,65,66)/p-4/b6-5-,9-8-,12-11-,15-14-,18-17-,21-20-/t40-,44-,45-,46+,50-/m1/s1. The topological polar surface area (TPSA) is 375 Å². The summed E-state index contributed by atoms with van der Waals surface area (Å²) in [6, 6.07) is 0. The minimum Gasteiger partial charge on any atom is -0.790 e. The van der Waals surface area contributed by atoms with Crippen LogP contribution in [0.15, 0.2) is 85.6 Å². The number of fused-ring (bicyclic) bond motifs is 1. The number of aliphatic hydroxyl groups is 2. The highest BCUT2D eigenvalue weighted by atomic mass is 32.2. The predicted molar refractivity (Wildman–Crippen MR) is 293 cm³/mol. The van der Waals surface area contributed by atoms with Gasteiger partial charge in [-0.3, -0.25) is 28.1 Å². The lowest BCUT2D eigenvalue weighted by molar-refractivity contribution is -0.347. The van der Waals surface area contributed by atoms with E-state index < -0.39 is 84.6 Å². The number of rotatable bonds is 41. The molecule has 3 heterocycles. The van der Waals surface area contributed by atoms with Crippen molar-refractivity contribution in [3.05, 3.63) is 85.6 Å². The molecule has 0 spiro atoms. The molecule has 1 saturated heterocycles. The summed E-state index contributed by atoms with van der Waals surface area (Å²) in [5.74, 6) is -1.15. The van der Waals surface area contributed by atoms with Gasteiger partial charge >= 0.3 is 0 Å². The minimum atomic E-state index is -5.93. The van der Waals surface area contributed by atoms with E-state index in [-0.39, 0.29) is 41.6 Å². The molecule has 7 atom stereocenters. The van der Waals surface area contributed by atoms with Gasteiger partial charge in [0, 0.05) is 37.1 Å². The first kappa shape index (κ1) is 69.3. The van der Waals surface area contributed by atoms with E-state index in [4.69, 9.17) is 10.5 Å². The molecule has 0 saturated carbocycles. The number of ether oxygens (including phenoxy) is 1. The Hall–Kier alpha value is -4.00. The van der Waals surface area contributed by atoms with Crippen molar-refractivity contribution in [3.63, 3.8) is 0 Å². The fourth-order valence-corrected chi connectivity index (χ4v) is 11.0. The van der Waals surface area contributed by atoms with Gasteiger partial charge in [0.25, 0.3) is 15.6 Å². The van der Waals surface area contributed by atoms with Gasteiger partial charge in [0.05, 0.1) is 27.4 Å². The molecule has 1 fully saturated rings. The Morgan fingerprint density at radius 2 is 1.34 bits per heavy atom. The second kappa shape index (κ2) is 37.2. The number of amides is 2. The van der Waals surface area contributed by atoms with Gasteiger partial charge in [-0.25, -0.2) is 19.3 Å². The Balaban J connectivity index is 1.19. The smallest absolute Gasteiger partial charge is 0.274 e. The van der Waals surface area contributed by atoms with Crippen molar-refractivity contribution in [2.75, 3.05) is 37.8 Å². The van der Waals surface area contributed by atoms with Crippen molar-refractivity contribution < 1.29 is 80.5 Å². The summed E-state index contributed by atoms with van der Waals surface area (Å²) in [7, 11) is -17.6. The summed E-state index contributed by atoms with van der Waals surface area (Å²) in [5, 5.41) is 26.5. The molecule has 2 unspecified atom stereocenters. The number of carbonyl (C=O) groups excluding carboxylic acids is 3. The lowest BCUT2D eigenvalue weighted by Crippen LogP contribution is -2.46. The van der Waals surface area contributed by atoms with E-state index in [0.29, 0.717) is 12.2 Å². The molecular formula is C51H78N7O17P3S-4. The van der Waals surface area contributed by atoms with Crippen molar-refractivity contribution in [2.24, 2.45) is 5.41 Å². The Labute approximate surface area is 467 Å². The third-order valence-electron chi connectivity index (χ3n) is 11.8. The van der Waals surface area contributed by atoms with Gasteiger partial charge in [0.15, 0.2) is 22.8 Å². The van der Waals surface area contributed by atoms with Crippen LogP contribution < -0.4 is 35.9 Å². The first-order valence-corrected chi connectivity index (χ1v) is 31.8. The van der Waals surface area contributed by atoms with Gasteiger partial charge in [-0.2, -0.15) is 0 Å². The largest absolute Gasteiger partial charge is 0.790 e. The zero-order valence-electron chi connectivity index (χ0n) is 45.2. The lowest BCUT2D eigenvalue weighted by Gasteiger charge is -2.36. The highest BCUT2D eigenvalue weighted by Crippen LogP contribution is 2.56. The number of hydrogen-bond donors (Lipinski definition) is 5. The van der Waals surface area contributed by atoms with Crippen LogP contribution in [-0.2, 0) is 50.7 Å². The molecule has 1 aliphatic rings. The van der Waals surface area contributed by atoms with E-state index in [1.807, 2.05) is 0 Å². The molecule has 2 amide bonds. The zero-order valence-corrected chi connectivity index (χ0v) is 48.7. The third kappa shape index (κ3) is 29.0. The number of nitrogens with two attached hydrogens (primary N) is 1. The SMILES string of the molecule is CC/C=C\C/C=C\C/C=C\C/C=C\C/C=C\C/C=C\CCCCCCCCCCC(=O)SCCNC(=O)CCNC(=O)[C@H](O)C(C)(C)COP(=O)([O-])OP(=O)([O-])OC[C@H]1O[C@@H](n2cnc3c(N)ncnc32)[C@H](O)[C@@H]1OP(=O)([O-])[O-]. The molecule has 1 aliphatic heterocycles. The third-order valence-corrected chi connectivity index (χ3v) is 15.8. The number of phosphoric acid groups is 3. The maximum Gasteiger partial charge on any atom is 0.274 e. The highest BCUT2D eigenvalue weighted by Gasteiger charge is 2.47. The number of aliphatic hydroxyl groups excluding tert-OH is 2. The summed E-state index contributed by atoms with van der Waals surface area (Å²) in [5.41, 5.74) is 4.09. The number of imidazole rings is 1. The van der Waals surface area contributed by atoms with Crippen molar-refractivity contribution in [1.29, 1.82) is 0 Å². The molecule has 6 N–H and O–H groups in total. The van der Waals surface area contributed by atoms with Crippen molar-refractivity contribution in [1.82, 2.24) is 30.2 Å². The quantitative estimate of drug-likeness (QED) is 0.0301. The summed E-state index contributed by atoms with van der Waals surface area (Å²) < 4.78 is 61.0. The average Bonchev–Trinajstić information content (AvgIpc) is 4.12. The lowest BCUT2D eigenvalue weighted by atomic mass is 9.87. The molecule has 0 aliphatic carbocycles. The summed E-state index contributed by atoms with van der Waals surface area (Å²) >= 11 is 1.14. The second-order valence-electron chi connectivity index (χ2n) is 19.0. The number of thioether (sulfide) groups is 1. The first-order valence-electron chi connectivity index (χ1n) is 26.4. The molecule has 24 nitrogen and oxygen atoms in total. The molecule has 2 aromatic rings. The number of aromatic nitrogens is 4. The Morgan fingerprint density at radius 3 is 1.94 bits per heavy atom. The van der Waals surface area contributed by atoms with Crippen LogP contribution in [0.5, 0.6) is 0 Å². The zero-order chi connectivity index (χ0) is 58.2. The fraction of sp³-hybridized carbons (Fsp3) is 0.608. The number of nitrogen functional groups attached to an aromatic ring is 1. The molecule has 0 aromatic carbocycles. The number of nitrogens with one attached hydrogen (secondary N) is 2. The number of nitrogens with zero attached hydrogens (tertiary/aromatic N) is 4. The van der Waals surface area contributed by atoms with Gasteiger partial charge in [-0.15, -0.1) is 0 Å². The molecule has 28 heteroatoms. The molecular weight excluding hydrogens is 1110 g/mol. The van der Waals surface area contributed by atoms with E-state index in [1.165, 1.54) is 39.5 Å². The summed E-state index contributed by atoms with van der Waals surface area (Å²) in [4.78, 5) is 97.2. The van der Waals surface area contributed by atoms with Crippen LogP contribution in [0.2, 0.25) is 0 Å². The molecule has 444 valence electrons. The van der Waals surface area contributed by atoms with Crippen LogP contribution in [0.3, 0.4) is 0 Å². The van der Waals surface area contributed by atoms with Crippen LogP contribution in [0.25, 0.3) is 11.2 Å². The van der Waals surface area contributed by atoms with E-state index in [9.17, 15) is 57.9 Å². The van der Waals surface area contributed by atoms with E-state index in [0.717, 1.165) is 99.6 Å². The van der Waals surface area contributed by atoms with Gasteiger partial charge in [0.1, 0.15) is 36.3 Å². The Kier molecular flexibility index (Phi) is 32.6. The normalized spacial score (nSPS) is 19.5. The molecule has 79 heavy (non-hydrogen) atoms. The average molecular weight is 1190 g/mol. The van der Waals surface area contributed by atoms with Gasteiger partial charge in [0.2, 0.25) is 11.8 Å². The fourth-order valence-electron chi connectivity index (χ4n) is 7.58. The monoisotopic (exact) mass is 1190 g/mol. The maximum atomic E-state index is 12.7.